The number of rotatable bonds is 7. The molecule has 0 saturated heterocycles. The number of nitrogens with zero attached hydrogens (tertiary/aromatic N) is 2. The monoisotopic (exact) mass is 490 g/mol. The molecule has 3 aromatic rings. The number of ether oxygens (including phenoxy) is 3. The normalized spacial score (nSPS) is 17.2. The highest BCUT2D eigenvalue weighted by atomic mass is 19.4. The summed E-state index contributed by atoms with van der Waals surface area (Å²) in [5.74, 6) is 0.987. The van der Waals surface area contributed by atoms with Crippen molar-refractivity contribution in [2.45, 2.75) is 31.6 Å². The third-order valence-corrected chi connectivity index (χ3v) is 5.66. The van der Waals surface area contributed by atoms with Crippen molar-refractivity contribution >= 4 is 17.4 Å². The van der Waals surface area contributed by atoms with E-state index in [0.29, 0.717) is 35.1 Å². The molecule has 1 aliphatic rings. The molecule has 0 spiro atoms. The lowest BCUT2D eigenvalue weighted by molar-refractivity contribution is -0.173. The predicted octanol–water partition coefficient (Wildman–Crippen LogP) is 5.21. The van der Waals surface area contributed by atoms with Gasteiger partial charge in [0.05, 0.1) is 26.9 Å². The van der Waals surface area contributed by atoms with Gasteiger partial charge < -0.3 is 24.8 Å². The molecule has 2 heterocycles. The number of amides is 1. The average molecular weight is 490 g/mol. The van der Waals surface area contributed by atoms with Crippen LogP contribution in [0, 0.1) is 0 Å². The molecule has 1 aromatic heterocycles. The lowest BCUT2D eigenvalue weighted by Crippen LogP contribution is -2.35. The van der Waals surface area contributed by atoms with E-state index in [1.54, 1.807) is 42.5 Å². The van der Waals surface area contributed by atoms with Crippen LogP contribution in [0.5, 0.6) is 17.2 Å². The molecule has 1 amide bonds. The first kappa shape index (κ1) is 24.2. The van der Waals surface area contributed by atoms with Gasteiger partial charge in [-0.1, -0.05) is 6.07 Å². The minimum Gasteiger partial charge on any atom is -0.494 e. The number of aromatic nitrogens is 2. The van der Waals surface area contributed by atoms with Crippen LogP contribution in [0.1, 0.15) is 41.5 Å². The number of benzene rings is 2. The number of hydrogen-bond donors (Lipinski definition) is 2. The first-order valence-electron chi connectivity index (χ1n) is 10.9. The van der Waals surface area contributed by atoms with Gasteiger partial charge in [-0.15, -0.1) is 0 Å². The first-order chi connectivity index (χ1) is 16.7. The Bertz CT molecular complexity index is 1190. The van der Waals surface area contributed by atoms with Gasteiger partial charge >= 0.3 is 6.18 Å². The number of halogens is 3. The molecule has 0 saturated carbocycles. The van der Waals surface area contributed by atoms with E-state index in [2.05, 4.69) is 15.7 Å². The number of nitrogens with one attached hydrogen (secondary N) is 2. The number of carbonyl (C=O) groups is 1. The lowest BCUT2D eigenvalue weighted by Gasteiger charge is -2.33. The topological polar surface area (TPSA) is 86.6 Å². The van der Waals surface area contributed by atoms with Gasteiger partial charge in [-0.2, -0.15) is 18.3 Å². The molecule has 8 nitrogen and oxygen atoms in total. The van der Waals surface area contributed by atoms with Crippen molar-refractivity contribution in [3.63, 3.8) is 0 Å². The van der Waals surface area contributed by atoms with Crippen LogP contribution in [-0.2, 0) is 0 Å². The Morgan fingerprint density at radius 2 is 1.83 bits per heavy atom. The highest BCUT2D eigenvalue weighted by Gasteiger charge is 2.47. The third-order valence-electron chi connectivity index (χ3n) is 5.66. The van der Waals surface area contributed by atoms with Gasteiger partial charge in [-0.25, -0.2) is 4.68 Å². The number of carbonyl (C=O) groups excluding carboxylic acids is 1. The largest absolute Gasteiger partial charge is 0.494 e. The van der Waals surface area contributed by atoms with Crippen LogP contribution >= 0.6 is 0 Å². The van der Waals surface area contributed by atoms with Crippen LogP contribution in [0.25, 0.3) is 0 Å². The molecule has 4 rings (SSSR count). The summed E-state index contributed by atoms with van der Waals surface area (Å²) in [5.41, 5.74) is 0.918. The Kier molecular flexibility index (Phi) is 6.77. The van der Waals surface area contributed by atoms with Crippen LogP contribution < -0.4 is 24.8 Å². The predicted molar refractivity (Wildman–Crippen MR) is 123 cm³/mol. The SMILES string of the molecule is CCOc1ccc(NC(=O)c2cc3n(n2)[C@@H](C(F)(F)F)C[C@@H](c2ccc(OC)c(OC)c2)N3)cc1. The summed E-state index contributed by atoms with van der Waals surface area (Å²) in [6.45, 7) is 2.36. The minimum atomic E-state index is -4.57. The van der Waals surface area contributed by atoms with Crippen molar-refractivity contribution in [1.82, 2.24) is 9.78 Å². The first-order valence-corrected chi connectivity index (χ1v) is 10.9. The molecule has 0 radical (unpaired) electrons. The van der Waals surface area contributed by atoms with Crippen molar-refractivity contribution in [3.8, 4) is 17.2 Å². The molecule has 2 atom stereocenters. The molecule has 11 heteroatoms. The molecular weight excluding hydrogens is 465 g/mol. The van der Waals surface area contributed by atoms with Crippen LogP contribution in [0.4, 0.5) is 24.7 Å². The molecular formula is C24H25F3N4O4. The van der Waals surface area contributed by atoms with E-state index >= 15 is 0 Å². The fourth-order valence-corrected chi connectivity index (χ4v) is 3.97. The fraction of sp³-hybridized carbons (Fsp3) is 0.333. The molecule has 186 valence electrons. The Morgan fingerprint density at radius 1 is 1.11 bits per heavy atom. The van der Waals surface area contributed by atoms with Crippen molar-refractivity contribution in [1.29, 1.82) is 0 Å². The van der Waals surface area contributed by atoms with Gasteiger partial charge in [-0.3, -0.25) is 4.79 Å². The summed E-state index contributed by atoms with van der Waals surface area (Å²) in [6, 6.07) is 10.3. The van der Waals surface area contributed by atoms with Crippen molar-refractivity contribution in [2.75, 3.05) is 31.5 Å². The van der Waals surface area contributed by atoms with E-state index in [0.717, 1.165) is 4.68 Å². The van der Waals surface area contributed by atoms with E-state index in [-0.39, 0.29) is 17.9 Å². The van der Waals surface area contributed by atoms with Gasteiger partial charge in [0, 0.05) is 18.2 Å². The van der Waals surface area contributed by atoms with Crippen LogP contribution in [-0.4, -0.2) is 42.7 Å². The summed E-state index contributed by atoms with van der Waals surface area (Å²) in [7, 11) is 2.94. The summed E-state index contributed by atoms with van der Waals surface area (Å²) in [4.78, 5) is 12.7. The lowest BCUT2D eigenvalue weighted by atomic mass is 9.96. The Morgan fingerprint density at radius 3 is 2.46 bits per heavy atom. The fourth-order valence-electron chi connectivity index (χ4n) is 3.97. The zero-order valence-corrected chi connectivity index (χ0v) is 19.3. The molecule has 35 heavy (non-hydrogen) atoms. The van der Waals surface area contributed by atoms with Gasteiger partial charge in [0.25, 0.3) is 5.91 Å². The Hall–Kier alpha value is -3.89. The molecule has 1 aliphatic heterocycles. The second-order valence-electron chi connectivity index (χ2n) is 7.88. The Balaban J connectivity index is 1.60. The van der Waals surface area contributed by atoms with E-state index in [1.807, 2.05) is 6.92 Å². The van der Waals surface area contributed by atoms with Gasteiger partial charge in [0.15, 0.2) is 23.2 Å². The van der Waals surface area contributed by atoms with Gasteiger partial charge in [-0.05, 0) is 48.9 Å². The molecule has 2 N–H and O–H groups in total. The zero-order chi connectivity index (χ0) is 25.2. The smallest absolute Gasteiger partial charge is 0.410 e. The molecule has 0 unspecified atom stereocenters. The number of methoxy groups -OCH3 is 2. The molecule has 0 bridgehead atoms. The Labute approximate surface area is 200 Å². The summed E-state index contributed by atoms with van der Waals surface area (Å²) < 4.78 is 58.7. The maximum Gasteiger partial charge on any atom is 0.410 e. The van der Waals surface area contributed by atoms with Crippen LogP contribution in [0.15, 0.2) is 48.5 Å². The van der Waals surface area contributed by atoms with Crippen molar-refractivity contribution < 1.29 is 32.2 Å². The number of anilines is 2. The standard InChI is InChI=1S/C24H25F3N4O4/c1-4-35-16-8-6-15(7-9-16)28-23(32)18-13-22-29-17(12-21(24(25,26)27)31(22)30-18)14-5-10-19(33-2)20(11-14)34-3/h5-11,13,17,21,29H,4,12H2,1-3H3,(H,28,32)/t17-,21+/m0/s1. The number of alkyl halides is 3. The minimum absolute atomic E-state index is 0.0928. The van der Waals surface area contributed by atoms with Gasteiger partial charge in [0.2, 0.25) is 0 Å². The third kappa shape index (κ3) is 5.13. The maximum absolute atomic E-state index is 14.0. The quantitative estimate of drug-likeness (QED) is 0.473. The van der Waals surface area contributed by atoms with Gasteiger partial charge in [0.1, 0.15) is 11.6 Å². The van der Waals surface area contributed by atoms with E-state index in [9.17, 15) is 18.0 Å². The van der Waals surface area contributed by atoms with E-state index in [1.165, 1.54) is 20.3 Å². The molecule has 0 aliphatic carbocycles. The average Bonchev–Trinajstić information content (AvgIpc) is 3.28. The summed E-state index contributed by atoms with van der Waals surface area (Å²) in [6.07, 6.45) is -4.88. The van der Waals surface area contributed by atoms with Crippen molar-refractivity contribution in [3.05, 3.63) is 59.8 Å². The van der Waals surface area contributed by atoms with Crippen molar-refractivity contribution in [2.24, 2.45) is 0 Å². The summed E-state index contributed by atoms with van der Waals surface area (Å²) in [5, 5.41) is 9.71. The summed E-state index contributed by atoms with van der Waals surface area (Å²) >= 11 is 0. The maximum atomic E-state index is 14.0. The van der Waals surface area contributed by atoms with E-state index in [4.69, 9.17) is 14.2 Å². The second-order valence-corrected chi connectivity index (χ2v) is 7.88. The number of fused-ring (bicyclic) bond motifs is 1. The van der Waals surface area contributed by atoms with E-state index < -0.39 is 24.2 Å². The van der Waals surface area contributed by atoms with Crippen LogP contribution in [0.3, 0.4) is 0 Å². The zero-order valence-electron chi connectivity index (χ0n) is 19.3. The second kappa shape index (κ2) is 9.77. The van der Waals surface area contributed by atoms with Crippen LogP contribution in [0.2, 0.25) is 0 Å². The highest BCUT2D eigenvalue weighted by molar-refractivity contribution is 6.03. The molecule has 2 aromatic carbocycles. The molecule has 0 fully saturated rings. The number of hydrogen-bond acceptors (Lipinski definition) is 6. The highest BCUT2D eigenvalue weighted by Crippen LogP contribution is 2.44.